The third-order valence-electron chi connectivity index (χ3n) is 2.64. The van der Waals surface area contributed by atoms with E-state index in [-0.39, 0.29) is 5.75 Å². The second-order valence-electron chi connectivity index (χ2n) is 4.24. The summed E-state index contributed by atoms with van der Waals surface area (Å²) in [5.41, 5.74) is 6.73. The van der Waals surface area contributed by atoms with Crippen LogP contribution in [0.1, 0.15) is 19.2 Å². The van der Waals surface area contributed by atoms with Gasteiger partial charge in [-0.3, -0.25) is 0 Å². The summed E-state index contributed by atoms with van der Waals surface area (Å²) < 4.78 is 23.6. The molecule has 1 aromatic heterocycles. The van der Waals surface area contributed by atoms with Gasteiger partial charge in [0, 0.05) is 25.1 Å². The highest BCUT2D eigenvalue weighted by Crippen LogP contribution is 2.28. The van der Waals surface area contributed by atoms with Crippen LogP contribution >= 0.6 is 0 Å². The van der Waals surface area contributed by atoms with Gasteiger partial charge in [0.05, 0.1) is 18.0 Å². The van der Waals surface area contributed by atoms with E-state index in [0.29, 0.717) is 36.8 Å². The molecule has 0 unspecified atom stereocenters. The Balaban J connectivity index is 1.99. The first-order valence-electron chi connectivity index (χ1n) is 6.41. The molecule has 2 rings (SSSR count). The zero-order chi connectivity index (χ0) is 14.4. The molecule has 0 saturated carbocycles. The minimum absolute atomic E-state index is 0.197. The van der Waals surface area contributed by atoms with Crippen molar-refractivity contribution in [3.63, 3.8) is 0 Å². The topological polar surface area (TPSA) is 86.2 Å². The number of ether oxygens (including phenoxy) is 1. The largest absolute Gasteiger partial charge is 0.490 e. The Morgan fingerprint density at radius 2 is 2.30 bits per heavy atom. The predicted molar refractivity (Wildman–Crippen MR) is 73.1 cm³/mol. The van der Waals surface area contributed by atoms with Crippen molar-refractivity contribution in [2.75, 3.05) is 24.2 Å². The van der Waals surface area contributed by atoms with Crippen LogP contribution in [0, 0.1) is 5.82 Å². The van der Waals surface area contributed by atoms with Gasteiger partial charge in [-0.05, 0) is 6.42 Å². The van der Waals surface area contributed by atoms with Crippen molar-refractivity contribution in [1.29, 1.82) is 0 Å². The van der Waals surface area contributed by atoms with Gasteiger partial charge in [-0.15, -0.1) is 0 Å². The van der Waals surface area contributed by atoms with Crippen molar-refractivity contribution < 1.29 is 13.7 Å². The summed E-state index contributed by atoms with van der Waals surface area (Å²) in [6, 6.07) is 2.82. The summed E-state index contributed by atoms with van der Waals surface area (Å²) in [6.45, 7) is 2.98. The molecule has 0 atom stereocenters. The number of hydrogen-bond donors (Lipinski definition) is 2. The fraction of sp³-hybridized carbons (Fsp3) is 0.385. The van der Waals surface area contributed by atoms with Crippen molar-refractivity contribution >= 4 is 11.4 Å². The highest BCUT2D eigenvalue weighted by atomic mass is 19.1. The van der Waals surface area contributed by atoms with Crippen molar-refractivity contribution in [3.8, 4) is 5.75 Å². The Labute approximate surface area is 116 Å². The molecule has 1 aromatic carbocycles. The van der Waals surface area contributed by atoms with Crippen LogP contribution in [-0.2, 0) is 6.42 Å². The highest BCUT2D eigenvalue weighted by molar-refractivity contribution is 5.68. The molecule has 7 heteroatoms. The summed E-state index contributed by atoms with van der Waals surface area (Å²) in [5, 5.41) is 6.80. The lowest BCUT2D eigenvalue weighted by Gasteiger charge is -2.12. The van der Waals surface area contributed by atoms with Gasteiger partial charge in [-0.1, -0.05) is 12.1 Å². The molecular weight excluding hydrogens is 263 g/mol. The average molecular weight is 280 g/mol. The molecule has 0 aliphatic rings. The number of rotatable bonds is 7. The first kappa shape index (κ1) is 14.1. The molecule has 0 fully saturated rings. The number of nitrogens with one attached hydrogen (secondary N) is 1. The number of nitrogen functional groups attached to an aromatic ring is 1. The summed E-state index contributed by atoms with van der Waals surface area (Å²) in [4.78, 5) is 3.91. The normalized spacial score (nSPS) is 10.5. The number of nitrogens with zero attached hydrogens (tertiary/aromatic N) is 2. The molecule has 6 nitrogen and oxygen atoms in total. The molecule has 0 amide bonds. The van der Waals surface area contributed by atoms with Gasteiger partial charge < -0.3 is 20.3 Å². The Kier molecular flexibility index (Phi) is 4.75. The molecule has 0 aliphatic heterocycles. The molecule has 108 valence electrons. The van der Waals surface area contributed by atoms with Crippen LogP contribution in [0.5, 0.6) is 5.75 Å². The summed E-state index contributed by atoms with van der Waals surface area (Å²) in [7, 11) is 0. The van der Waals surface area contributed by atoms with Gasteiger partial charge in [-0.2, -0.15) is 4.98 Å². The number of halogens is 1. The minimum Gasteiger partial charge on any atom is -0.490 e. The minimum atomic E-state index is -0.459. The number of anilines is 2. The number of hydrogen-bond acceptors (Lipinski definition) is 6. The molecule has 0 spiro atoms. The maximum absolute atomic E-state index is 13.6. The number of aromatic nitrogens is 2. The summed E-state index contributed by atoms with van der Waals surface area (Å²) in [6.07, 6.45) is 2.67. The van der Waals surface area contributed by atoms with E-state index in [2.05, 4.69) is 20.0 Å². The van der Waals surface area contributed by atoms with Crippen LogP contribution in [-0.4, -0.2) is 23.3 Å². The van der Waals surface area contributed by atoms with Gasteiger partial charge >= 0.3 is 0 Å². The Hall–Kier alpha value is -2.31. The van der Waals surface area contributed by atoms with Crippen molar-refractivity contribution in [1.82, 2.24) is 10.1 Å². The van der Waals surface area contributed by atoms with E-state index in [4.69, 9.17) is 10.5 Å². The maximum Gasteiger partial charge on any atom is 0.213 e. The second kappa shape index (κ2) is 6.74. The maximum atomic E-state index is 13.6. The lowest BCUT2D eigenvalue weighted by molar-refractivity contribution is 0.301. The molecule has 2 aromatic rings. The third-order valence-corrected chi connectivity index (χ3v) is 2.64. The molecule has 0 radical (unpaired) electrons. The summed E-state index contributed by atoms with van der Waals surface area (Å²) >= 11 is 0. The van der Waals surface area contributed by atoms with Gasteiger partial charge in [0.15, 0.2) is 17.4 Å². The van der Waals surface area contributed by atoms with Gasteiger partial charge in [0.2, 0.25) is 6.39 Å². The molecule has 20 heavy (non-hydrogen) atoms. The molecule has 0 aliphatic carbocycles. The monoisotopic (exact) mass is 280 g/mol. The molecule has 0 saturated heterocycles. The van der Waals surface area contributed by atoms with E-state index in [1.807, 2.05) is 6.92 Å². The van der Waals surface area contributed by atoms with Crippen LogP contribution in [0.2, 0.25) is 0 Å². The number of nitrogens with two attached hydrogens (primary N) is 1. The molecular formula is C13H17FN4O2. The smallest absolute Gasteiger partial charge is 0.213 e. The first-order chi connectivity index (χ1) is 9.70. The van der Waals surface area contributed by atoms with E-state index < -0.39 is 5.82 Å². The summed E-state index contributed by atoms with van der Waals surface area (Å²) in [5.74, 6) is 0.336. The zero-order valence-corrected chi connectivity index (χ0v) is 11.2. The lowest BCUT2D eigenvalue weighted by Crippen LogP contribution is -2.09. The van der Waals surface area contributed by atoms with Crippen LogP contribution in [0.4, 0.5) is 15.8 Å². The van der Waals surface area contributed by atoms with E-state index >= 15 is 0 Å². The molecule has 3 N–H and O–H groups in total. The highest BCUT2D eigenvalue weighted by Gasteiger charge is 2.09. The lowest BCUT2D eigenvalue weighted by atomic mass is 10.2. The van der Waals surface area contributed by atoms with Crippen LogP contribution in [0.25, 0.3) is 0 Å². The Bertz CT molecular complexity index is 546. The fourth-order valence-corrected chi connectivity index (χ4v) is 1.66. The zero-order valence-electron chi connectivity index (χ0n) is 11.2. The van der Waals surface area contributed by atoms with Crippen LogP contribution in [0.15, 0.2) is 23.0 Å². The van der Waals surface area contributed by atoms with Gasteiger partial charge in [0.25, 0.3) is 0 Å². The predicted octanol–water partition coefficient (Wildman–Crippen LogP) is 2.23. The SMILES string of the molecule is CCCOc1cc(NCCc2ncon2)c(N)cc1F. The molecule has 0 bridgehead atoms. The number of benzene rings is 1. The van der Waals surface area contributed by atoms with Gasteiger partial charge in [0.1, 0.15) is 0 Å². The van der Waals surface area contributed by atoms with Crippen molar-refractivity contribution in [2.24, 2.45) is 0 Å². The van der Waals surface area contributed by atoms with Crippen LogP contribution < -0.4 is 15.8 Å². The average Bonchev–Trinajstić information content (AvgIpc) is 2.93. The Morgan fingerprint density at radius 1 is 1.45 bits per heavy atom. The van der Waals surface area contributed by atoms with Crippen LogP contribution in [0.3, 0.4) is 0 Å². The van der Waals surface area contributed by atoms with Crippen molar-refractivity contribution in [2.45, 2.75) is 19.8 Å². The standard InChI is InChI=1S/C13H17FN4O2/c1-2-5-19-12-7-11(10(15)6-9(12)14)16-4-3-13-17-8-20-18-13/h6-8,16H,2-5,15H2,1H3. The van der Waals surface area contributed by atoms with E-state index in [9.17, 15) is 4.39 Å². The first-order valence-corrected chi connectivity index (χ1v) is 6.41. The van der Waals surface area contributed by atoms with E-state index in [0.717, 1.165) is 6.42 Å². The van der Waals surface area contributed by atoms with E-state index in [1.165, 1.54) is 12.5 Å². The van der Waals surface area contributed by atoms with E-state index in [1.54, 1.807) is 6.07 Å². The fourth-order valence-electron chi connectivity index (χ4n) is 1.66. The molecule has 1 heterocycles. The Morgan fingerprint density at radius 3 is 3.00 bits per heavy atom. The second-order valence-corrected chi connectivity index (χ2v) is 4.24. The van der Waals surface area contributed by atoms with Crippen molar-refractivity contribution in [3.05, 3.63) is 30.2 Å². The quantitative estimate of drug-likeness (QED) is 0.756. The van der Waals surface area contributed by atoms with Gasteiger partial charge in [-0.25, -0.2) is 4.39 Å². The third kappa shape index (κ3) is 3.59.